The van der Waals surface area contributed by atoms with Gasteiger partial charge in [0.2, 0.25) is 0 Å². The molecule has 0 fully saturated rings. The van der Waals surface area contributed by atoms with Crippen LogP contribution in [0.15, 0.2) is 41.4 Å². The highest BCUT2D eigenvalue weighted by molar-refractivity contribution is 7.85. The van der Waals surface area contributed by atoms with Gasteiger partial charge in [-0.15, -0.1) is 0 Å². The van der Waals surface area contributed by atoms with Crippen molar-refractivity contribution in [3.63, 3.8) is 0 Å². The minimum atomic E-state index is -4.16. The summed E-state index contributed by atoms with van der Waals surface area (Å²) >= 11 is 0. The molecule has 0 atom stereocenters. The van der Waals surface area contributed by atoms with E-state index >= 15 is 0 Å². The van der Waals surface area contributed by atoms with Crippen LogP contribution in [0.4, 0.5) is 11.4 Å². The molecule has 1 aromatic heterocycles. The molecule has 1 heterocycles. The zero-order valence-corrected chi connectivity index (χ0v) is 9.95. The second-order valence-electron chi connectivity index (χ2n) is 3.64. The van der Waals surface area contributed by atoms with Crippen molar-refractivity contribution in [3.05, 3.63) is 42.2 Å². The Bertz CT molecular complexity index is 632. The average molecular weight is 252 g/mol. The third-order valence-corrected chi connectivity index (χ3v) is 3.21. The minimum Gasteiger partial charge on any atom is -0.363 e. The summed E-state index contributed by atoms with van der Waals surface area (Å²) < 4.78 is 30.9. The largest absolute Gasteiger partial charge is 0.363 e. The molecule has 0 bridgehead atoms. The summed E-state index contributed by atoms with van der Waals surface area (Å²) in [5.41, 5.74) is 2.41. The lowest BCUT2D eigenvalue weighted by Crippen LogP contribution is -1.99. The van der Waals surface area contributed by atoms with Crippen LogP contribution in [-0.2, 0) is 10.1 Å². The summed E-state index contributed by atoms with van der Waals surface area (Å²) in [6.07, 6.45) is 1.78. The number of rotatable bonds is 3. The molecule has 0 aliphatic carbocycles. The molecule has 0 aliphatic rings. The number of nitrogens with one attached hydrogen (secondary N) is 2. The van der Waals surface area contributed by atoms with Crippen molar-refractivity contribution in [1.82, 2.24) is 4.98 Å². The van der Waals surface area contributed by atoms with Crippen molar-refractivity contribution in [2.45, 2.75) is 11.8 Å². The van der Waals surface area contributed by atoms with Crippen molar-refractivity contribution in [3.8, 4) is 0 Å². The highest BCUT2D eigenvalue weighted by atomic mass is 32.2. The van der Waals surface area contributed by atoms with Crippen LogP contribution in [0.5, 0.6) is 0 Å². The maximum absolute atomic E-state index is 11.0. The van der Waals surface area contributed by atoms with E-state index < -0.39 is 10.1 Å². The van der Waals surface area contributed by atoms with Gasteiger partial charge in [-0.25, -0.2) is 0 Å². The van der Waals surface area contributed by atoms with E-state index in [0.29, 0.717) is 5.69 Å². The van der Waals surface area contributed by atoms with Crippen molar-refractivity contribution in [2.24, 2.45) is 0 Å². The van der Waals surface area contributed by atoms with Crippen LogP contribution in [0.2, 0.25) is 0 Å². The first-order chi connectivity index (χ1) is 7.97. The Morgan fingerprint density at radius 3 is 2.65 bits per heavy atom. The van der Waals surface area contributed by atoms with E-state index in [0.717, 1.165) is 11.4 Å². The monoisotopic (exact) mass is 252 g/mol. The van der Waals surface area contributed by atoms with Crippen LogP contribution in [0.3, 0.4) is 0 Å². The van der Waals surface area contributed by atoms with E-state index in [9.17, 15) is 8.42 Å². The van der Waals surface area contributed by atoms with Gasteiger partial charge in [-0.1, -0.05) is 6.07 Å². The van der Waals surface area contributed by atoms with E-state index in [1.165, 1.54) is 12.1 Å². The number of hydrogen-bond donors (Lipinski definition) is 3. The molecule has 6 heteroatoms. The van der Waals surface area contributed by atoms with E-state index in [4.69, 9.17) is 4.55 Å². The second-order valence-corrected chi connectivity index (χ2v) is 5.07. The highest BCUT2D eigenvalue weighted by Gasteiger charge is 2.09. The summed E-state index contributed by atoms with van der Waals surface area (Å²) in [6.45, 7) is 1.90. The molecule has 17 heavy (non-hydrogen) atoms. The Balaban J connectivity index is 2.32. The second kappa shape index (κ2) is 4.23. The molecule has 0 amide bonds. The van der Waals surface area contributed by atoms with Crippen molar-refractivity contribution >= 4 is 21.5 Å². The molecule has 0 unspecified atom stereocenters. The van der Waals surface area contributed by atoms with Crippen LogP contribution >= 0.6 is 0 Å². The quantitative estimate of drug-likeness (QED) is 0.732. The summed E-state index contributed by atoms with van der Waals surface area (Å²) in [6, 6.07) is 7.84. The number of aryl methyl sites for hydroxylation is 1. The van der Waals surface area contributed by atoms with Gasteiger partial charge in [-0.05, 0) is 31.2 Å². The summed E-state index contributed by atoms with van der Waals surface area (Å²) in [4.78, 5) is 2.87. The zero-order valence-electron chi connectivity index (χ0n) is 9.14. The van der Waals surface area contributed by atoms with Crippen molar-refractivity contribution < 1.29 is 13.0 Å². The maximum atomic E-state index is 11.0. The lowest BCUT2D eigenvalue weighted by Gasteiger charge is -2.06. The van der Waals surface area contributed by atoms with Gasteiger partial charge in [0.15, 0.2) is 0 Å². The van der Waals surface area contributed by atoms with Gasteiger partial charge < -0.3 is 10.3 Å². The van der Waals surface area contributed by atoms with Gasteiger partial charge in [0, 0.05) is 17.6 Å². The number of H-pyrrole nitrogens is 1. The molecule has 90 valence electrons. The fourth-order valence-corrected chi connectivity index (χ4v) is 2.00. The fourth-order valence-electron chi connectivity index (χ4n) is 1.48. The van der Waals surface area contributed by atoms with Crippen LogP contribution in [0.25, 0.3) is 0 Å². The molecular formula is C11H12N2O3S. The molecule has 0 aliphatic heterocycles. The number of hydrogen-bond acceptors (Lipinski definition) is 3. The molecule has 0 saturated heterocycles. The molecule has 0 radical (unpaired) electrons. The van der Waals surface area contributed by atoms with Crippen molar-refractivity contribution in [1.29, 1.82) is 0 Å². The van der Waals surface area contributed by atoms with Gasteiger partial charge in [0.05, 0.1) is 10.6 Å². The van der Waals surface area contributed by atoms with Crippen molar-refractivity contribution in [2.75, 3.05) is 5.32 Å². The number of aromatic nitrogens is 1. The zero-order chi connectivity index (χ0) is 12.5. The Hall–Kier alpha value is -1.79. The molecule has 2 rings (SSSR count). The SMILES string of the molecule is Cc1[nH]ccc1Nc1cccc(S(=O)(=O)O)c1. The van der Waals surface area contributed by atoms with Gasteiger partial charge in [-0.2, -0.15) is 8.42 Å². The number of aromatic amines is 1. The smallest absolute Gasteiger partial charge is 0.294 e. The average Bonchev–Trinajstić information content (AvgIpc) is 2.64. The van der Waals surface area contributed by atoms with Crippen LogP contribution < -0.4 is 5.32 Å². The Morgan fingerprint density at radius 2 is 2.06 bits per heavy atom. The molecule has 0 saturated carbocycles. The van der Waals surface area contributed by atoms with Crippen LogP contribution in [0, 0.1) is 6.92 Å². The highest BCUT2D eigenvalue weighted by Crippen LogP contribution is 2.21. The maximum Gasteiger partial charge on any atom is 0.294 e. The number of anilines is 2. The first kappa shape index (κ1) is 11.7. The standard InChI is InChI=1S/C11H12N2O3S/c1-8-11(5-6-12-8)13-9-3-2-4-10(7-9)17(14,15)16/h2-7,12-13H,1H3,(H,14,15,16). The van der Waals surface area contributed by atoms with Crippen LogP contribution in [0.1, 0.15) is 5.69 Å². The van der Waals surface area contributed by atoms with E-state index in [2.05, 4.69) is 10.3 Å². The molecule has 5 nitrogen and oxygen atoms in total. The van der Waals surface area contributed by atoms with E-state index in [1.807, 2.05) is 13.0 Å². The molecule has 2 aromatic rings. The lowest BCUT2D eigenvalue weighted by molar-refractivity contribution is 0.483. The Kier molecular flexibility index (Phi) is 2.91. The van der Waals surface area contributed by atoms with Gasteiger partial charge in [0.25, 0.3) is 10.1 Å². The molecule has 0 spiro atoms. The Labute approximate surface area is 99.2 Å². The molecular weight excluding hydrogens is 240 g/mol. The van der Waals surface area contributed by atoms with Crippen LogP contribution in [-0.4, -0.2) is 18.0 Å². The normalized spacial score (nSPS) is 11.4. The van der Waals surface area contributed by atoms with E-state index in [1.54, 1.807) is 18.3 Å². The lowest BCUT2D eigenvalue weighted by atomic mass is 10.3. The van der Waals surface area contributed by atoms with Gasteiger partial charge in [-0.3, -0.25) is 4.55 Å². The third-order valence-electron chi connectivity index (χ3n) is 2.36. The third kappa shape index (κ3) is 2.66. The Morgan fingerprint density at radius 1 is 1.29 bits per heavy atom. The number of benzene rings is 1. The molecule has 1 aromatic carbocycles. The predicted molar refractivity (Wildman–Crippen MR) is 65.1 cm³/mol. The first-order valence-corrected chi connectivity index (χ1v) is 6.39. The van der Waals surface area contributed by atoms with E-state index in [-0.39, 0.29) is 4.90 Å². The predicted octanol–water partition coefficient (Wildman–Crippen LogP) is 2.31. The minimum absolute atomic E-state index is 0.129. The first-order valence-electron chi connectivity index (χ1n) is 4.95. The fraction of sp³-hybridized carbons (Fsp3) is 0.0909. The summed E-state index contributed by atoms with van der Waals surface area (Å²) in [5, 5.41) is 3.06. The molecule has 3 N–H and O–H groups in total. The van der Waals surface area contributed by atoms with Gasteiger partial charge in [0.1, 0.15) is 0 Å². The summed E-state index contributed by atoms with van der Waals surface area (Å²) in [7, 11) is -4.16. The summed E-state index contributed by atoms with van der Waals surface area (Å²) in [5.74, 6) is 0. The van der Waals surface area contributed by atoms with Gasteiger partial charge >= 0.3 is 0 Å². The topological polar surface area (TPSA) is 82.2 Å².